The first-order valence-electron chi connectivity index (χ1n) is 6.02. The maximum atomic E-state index is 11.7. The molecule has 0 aliphatic carbocycles. The number of hydrogen-bond donors (Lipinski definition) is 2. The van der Waals surface area contributed by atoms with E-state index in [1.54, 1.807) is 44.2 Å². The van der Waals surface area contributed by atoms with Crippen LogP contribution in [0.15, 0.2) is 30.3 Å². The molecule has 1 unspecified atom stereocenters. The van der Waals surface area contributed by atoms with E-state index in [0.29, 0.717) is 18.4 Å². The van der Waals surface area contributed by atoms with E-state index < -0.39 is 17.7 Å². The van der Waals surface area contributed by atoms with Gasteiger partial charge in [-0.05, 0) is 25.0 Å². The van der Waals surface area contributed by atoms with Gasteiger partial charge in [0, 0.05) is 12.0 Å². The van der Waals surface area contributed by atoms with Crippen molar-refractivity contribution in [1.82, 2.24) is 0 Å². The molecule has 0 heterocycles. The minimum atomic E-state index is -1.18. The lowest BCUT2D eigenvalue weighted by molar-refractivity contribution is -0.133. The third kappa shape index (κ3) is 4.13. The smallest absolute Gasteiger partial charge is 0.340 e. The van der Waals surface area contributed by atoms with E-state index in [4.69, 9.17) is 9.84 Å². The van der Waals surface area contributed by atoms with Crippen molar-refractivity contribution in [1.29, 1.82) is 0 Å². The lowest BCUT2D eigenvalue weighted by Crippen LogP contribution is -2.34. The van der Waals surface area contributed by atoms with Crippen LogP contribution in [0.2, 0.25) is 0 Å². The molecule has 1 rings (SSSR count). The normalized spacial score (nSPS) is 13.1. The summed E-state index contributed by atoms with van der Waals surface area (Å²) in [6, 6.07) is 8.55. The molecule has 1 aromatic carbocycles. The Labute approximate surface area is 107 Å². The summed E-state index contributed by atoms with van der Waals surface area (Å²) < 4.78 is 5.03. The highest BCUT2D eigenvalue weighted by Gasteiger charge is 2.30. The first-order valence-corrected chi connectivity index (χ1v) is 6.02. The fourth-order valence-corrected chi connectivity index (χ4v) is 1.56. The van der Waals surface area contributed by atoms with Gasteiger partial charge >= 0.3 is 5.97 Å². The summed E-state index contributed by atoms with van der Waals surface area (Å²) in [6.07, 6.45) is -0.0450. The van der Waals surface area contributed by atoms with Gasteiger partial charge in [-0.25, -0.2) is 4.79 Å². The Morgan fingerprint density at radius 1 is 1.33 bits per heavy atom. The number of aliphatic hydroxyl groups is 2. The molecule has 0 aromatic heterocycles. The van der Waals surface area contributed by atoms with Crippen molar-refractivity contribution < 1.29 is 19.7 Å². The van der Waals surface area contributed by atoms with Crippen LogP contribution < -0.4 is 0 Å². The van der Waals surface area contributed by atoms with Crippen LogP contribution in [-0.2, 0) is 4.74 Å². The molecule has 0 spiro atoms. The minimum Gasteiger partial charge on any atom is -0.432 e. The number of hydrogen-bond acceptors (Lipinski definition) is 4. The van der Waals surface area contributed by atoms with Crippen LogP contribution in [0.5, 0.6) is 0 Å². The third-order valence-corrected chi connectivity index (χ3v) is 2.88. The molecular weight excluding hydrogens is 232 g/mol. The van der Waals surface area contributed by atoms with Gasteiger partial charge in [-0.3, -0.25) is 0 Å². The Hall–Kier alpha value is -1.39. The average molecular weight is 252 g/mol. The molecule has 4 nitrogen and oxygen atoms in total. The SMILES string of the molecule is CC(C)(CCCO)C(O)OC(=O)c1ccccc1. The van der Waals surface area contributed by atoms with Gasteiger partial charge < -0.3 is 14.9 Å². The summed E-state index contributed by atoms with van der Waals surface area (Å²) in [7, 11) is 0. The Morgan fingerprint density at radius 2 is 1.94 bits per heavy atom. The number of benzene rings is 1. The highest BCUT2D eigenvalue weighted by atomic mass is 16.6. The first kappa shape index (κ1) is 14.7. The van der Waals surface area contributed by atoms with Crippen molar-refractivity contribution in [2.24, 2.45) is 5.41 Å². The average Bonchev–Trinajstić information content (AvgIpc) is 2.37. The van der Waals surface area contributed by atoms with Crippen molar-refractivity contribution in [2.45, 2.75) is 33.0 Å². The first-order chi connectivity index (χ1) is 8.47. The topological polar surface area (TPSA) is 66.8 Å². The maximum absolute atomic E-state index is 11.7. The summed E-state index contributed by atoms with van der Waals surface area (Å²) in [4.78, 5) is 11.7. The molecule has 2 N–H and O–H groups in total. The van der Waals surface area contributed by atoms with Gasteiger partial charge in [0.05, 0.1) is 5.56 Å². The van der Waals surface area contributed by atoms with E-state index in [-0.39, 0.29) is 6.61 Å². The molecule has 1 aromatic rings. The van der Waals surface area contributed by atoms with Crippen LogP contribution in [0.1, 0.15) is 37.0 Å². The highest BCUT2D eigenvalue weighted by molar-refractivity contribution is 5.89. The maximum Gasteiger partial charge on any atom is 0.340 e. The quantitative estimate of drug-likeness (QED) is 0.600. The van der Waals surface area contributed by atoms with Crippen molar-refractivity contribution in [3.05, 3.63) is 35.9 Å². The van der Waals surface area contributed by atoms with Crippen molar-refractivity contribution in [2.75, 3.05) is 6.61 Å². The van der Waals surface area contributed by atoms with Gasteiger partial charge in [-0.15, -0.1) is 0 Å². The number of aliphatic hydroxyl groups excluding tert-OH is 2. The minimum absolute atomic E-state index is 0.0583. The highest BCUT2D eigenvalue weighted by Crippen LogP contribution is 2.28. The van der Waals surface area contributed by atoms with Gasteiger partial charge in [0.25, 0.3) is 0 Å². The second-order valence-electron chi connectivity index (χ2n) is 4.94. The van der Waals surface area contributed by atoms with Crippen LogP contribution in [0.25, 0.3) is 0 Å². The molecule has 0 aliphatic rings. The molecule has 0 bridgehead atoms. The van der Waals surface area contributed by atoms with E-state index in [2.05, 4.69) is 0 Å². The van der Waals surface area contributed by atoms with Crippen LogP contribution in [-0.4, -0.2) is 29.1 Å². The number of rotatable bonds is 6. The Bertz CT molecular complexity index is 373. The van der Waals surface area contributed by atoms with Gasteiger partial charge in [-0.1, -0.05) is 32.0 Å². The number of esters is 1. The lowest BCUT2D eigenvalue weighted by atomic mass is 9.87. The molecule has 1 atom stereocenters. The van der Waals surface area contributed by atoms with Crippen molar-refractivity contribution >= 4 is 5.97 Å². The molecule has 0 saturated heterocycles. The van der Waals surface area contributed by atoms with Crippen molar-refractivity contribution in [3.63, 3.8) is 0 Å². The summed E-state index contributed by atoms with van der Waals surface area (Å²) in [5.41, 5.74) is -0.165. The van der Waals surface area contributed by atoms with E-state index >= 15 is 0 Å². The Morgan fingerprint density at radius 3 is 2.50 bits per heavy atom. The van der Waals surface area contributed by atoms with Crippen molar-refractivity contribution in [3.8, 4) is 0 Å². The van der Waals surface area contributed by atoms with Gasteiger partial charge in [0.1, 0.15) is 0 Å². The monoisotopic (exact) mass is 252 g/mol. The predicted octanol–water partition coefficient (Wildman–Crippen LogP) is 1.96. The predicted molar refractivity (Wildman–Crippen MR) is 68.0 cm³/mol. The van der Waals surface area contributed by atoms with E-state index in [0.717, 1.165) is 0 Å². The zero-order valence-electron chi connectivity index (χ0n) is 10.8. The molecule has 18 heavy (non-hydrogen) atoms. The Balaban J connectivity index is 2.59. The zero-order valence-corrected chi connectivity index (χ0v) is 10.8. The van der Waals surface area contributed by atoms with Crippen LogP contribution >= 0.6 is 0 Å². The molecule has 100 valence electrons. The number of carbonyl (C=O) groups excluding carboxylic acids is 1. The number of ether oxygens (including phenoxy) is 1. The fourth-order valence-electron chi connectivity index (χ4n) is 1.56. The van der Waals surface area contributed by atoms with Gasteiger partial charge in [0.2, 0.25) is 6.29 Å². The molecular formula is C14H20O4. The molecule has 0 saturated carbocycles. The van der Waals surface area contributed by atoms with Gasteiger partial charge in [-0.2, -0.15) is 0 Å². The standard InChI is InChI=1S/C14H20O4/c1-14(2,9-6-10-15)13(17)18-12(16)11-7-4-3-5-8-11/h3-5,7-8,13,15,17H,6,9-10H2,1-2H3. The van der Waals surface area contributed by atoms with Crippen LogP contribution in [0.4, 0.5) is 0 Å². The van der Waals surface area contributed by atoms with Crippen LogP contribution in [0.3, 0.4) is 0 Å². The number of carbonyl (C=O) groups is 1. The molecule has 0 aliphatic heterocycles. The van der Waals surface area contributed by atoms with E-state index in [1.165, 1.54) is 0 Å². The van der Waals surface area contributed by atoms with Crippen LogP contribution in [0, 0.1) is 5.41 Å². The van der Waals surface area contributed by atoms with E-state index in [9.17, 15) is 9.90 Å². The molecule has 0 fully saturated rings. The molecule has 0 amide bonds. The molecule has 4 heteroatoms. The van der Waals surface area contributed by atoms with E-state index in [1.807, 2.05) is 0 Å². The summed E-state index contributed by atoms with van der Waals surface area (Å²) in [5, 5.41) is 18.7. The largest absolute Gasteiger partial charge is 0.432 e. The molecule has 0 radical (unpaired) electrons. The second-order valence-corrected chi connectivity index (χ2v) is 4.94. The Kier molecular flexibility index (Phi) is 5.31. The third-order valence-electron chi connectivity index (χ3n) is 2.88. The summed E-state index contributed by atoms with van der Waals surface area (Å²) in [5.74, 6) is -0.542. The lowest BCUT2D eigenvalue weighted by Gasteiger charge is -2.29. The zero-order chi connectivity index (χ0) is 13.6. The van der Waals surface area contributed by atoms with Gasteiger partial charge in [0.15, 0.2) is 0 Å². The summed E-state index contributed by atoms with van der Waals surface area (Å²) in [6.45, 7) is 3.65. The fraction of sp³-hybridized carbons (Fsp3) is 0.500. The summed E-state index contributed by atoms with van der Waals surface area (Å²) >= 11 is 0. The second kappa shape index (κ2) is 6.52.